The fourth-order valence-corrected chi connectivity index (χ4v) is 1.65. The van der Waals surface area contributed by atoms with E-state index in [1.807, 2.05) is 6.07 Å². The van der Waals surface area contributed by atoms with Gasteiger partial charge >= 0.3 is 0 Å². The molecule has 0 fully saturated rings. The number of fused-ring (bicyclic) bond motifs is 1. The molecule has 0 heterocycles. The van der Waals surface area contributed by atoms with E-state index in [-0.39, 0.29) is 24.2 Å². The molecule has 4 heteroatoms. The van der Waals surface area contributed by atoms with Crippen molar-refractivity contribution in [1.82, 2.24) is 0 Å². The van der Waals surface area contributed by atoms with Crippen LogP contribution in [0.15, 0.2) is 18.2 Å². The van der Waals surface area contributed by atoms with Crippen molar-refractivity contribution < 1.29 is 9.53 Å². The molecule has 2 N–H and O–H groups in total. The minimum atomic E-state index is -0.155. The third-order valence-electron chi connectivity index (χ3n) is 2.36. The van der Waals surface area contributed by atoms with Crippen molar-refractivity contribution in [2.75, 3.05) is 7.11 Å². The van der Waals surface area contributed by atoms with Crippen LogP contribution in [-0.4, -0.2) is 12.9 Å². The van der Waals surface area contributed by atoms with Crippen LogP contribution in [0.2, 0.25) is 0 Å². The largest absolute Gasteiger partial charge is 0.497 e. The average molecular weight is 214 g/mol. The first-order valence-corrected chi connectivity index (χ1v) is 4.19. The molecule has 3 nitrogen and oxygen atoms in total. The maximum atomic E-state index is 11.4. The summed E-state index contributed by atoms with van der Waals surface area (Å²) in [6, 6.07) is 5.25. The summed E-state index contributed by atoms with van der Waals surface area (Å²) in [6.07, 6.45) is 0.419. The maximum absolute atomic E-state index is 11.4. The van der Waals surface area contributed by atoms with E-state index in [0.717, 1.165) is 16.9 Å². The van der Waals surface area contributed by atoms with Crippen LogP contribution in [0.5, 0.6) is 5.75 Å². The van der Waals surface area contributed by atoms with Crippen molar-refractivity contribution in [2.24, 2.45) is 5.73 Å². The Morgan fingerprint density at radius 2 is 2.21 bits per heavy atom. The number of ether oxygens (including phenoxy) is 1. The lowest BCUT2D eigenvalue weighted by Crippen LogP contribution is -2.05. The molecule has 1 aliphatic carbocycles. The number of rotatable bonds is 1. The van der Waals surface area contributed by atoms with Gasteiger partial charge in [-0.25, -0.2) is 0 Å². The maximum Gasteiger partial charge on any atom is 0.165 e. The molecule has 14 heavy (non-hydrogen) atoms. The molecule has 76 valence electrons. The van der Waals surface area contributed by atoms with Gasteiger partial charge in [0.15, 0.2) is 5.78 Å². The van der Waals surface area contributed by atoms with E-state index in [4.69, 9.17) is 10.5 Å². The van der Waals surface area contributed by atoms with E-state index in [1.54, 1.807) is 19.2 Å². The predicted molar refractivity (Wildman–Crippen MR) is 56.1 cm³/mol. The highest BCUT2D eigenvalue weighted by atomic mass is 35.5. The molecule has 0 radical (unpaired) electrons. The van der Waals surface area contributed by atoms with Gasteiger partial charge in [0.05, 0.1) is 7.11 Å². The Bertz CT molecular complexity index is 365. The van der Waals surface area contributed by atoms with Crippen LogP contribution < -0.4 is 10.5 Å². The van der Waals surface area contributed by atoms with E-state index in [1.165, 1.54) is 0 Å². The standard InChI is InChI=1S/C10H11NO2.ClH/c1-13-6-2-3-7-8(4-6)9(11)5-10(7)12;/h2-4,9H,5,11H2,1H3;1H. The number of nitrogens with two attached hydrogens (primary N) is 1. The summed E-state index contributed by atoms with van der Waals surface area (Å²) in [5, 5.41) is 0. The Balaban J connectivity index is 0.000000980. The summed E-state index contributed by atoms with van der Waals surface area (Å²) in [7, 11) is 1.60. The Labute approximate surface area is 88.7 Å². The minimum Gasteiger partial charge on any atom is -0.497 e. The third kappa shape index (κ3) is 1.61. The quantitative estimate of drug-likeness (QED) is 0.773. The van der Waals surface area contributed by atoms with Gasteiger partial charge in [-0.05, 0) is 23.8 Å². The highest BCUT2D eigenvalue weighted by Crippen LogP contribution is 2.31. The van der Waals surface area contributed by atoms with Crippen molar-refractivity contribution in [2.45, 2.75) is 12.5 Å². The molecule has 1 aromatic carbocycles. The van der Waals surface area contributed by atoms with Crippen LogP contribution in [0.1, 0.15) is 28.4 Å². The van der Waals surface area contributed by atoms with Crippen molar-refractivity contribution in [1.29, 1.82) is 0 Å². The molecule has 0 bridgehead atoms. The summed E-state index contributed by atoms with van der Waals surface area (Å²) in [5.74, 6) is 0.883. The van der Waals surface area contributed by atoms with Gasteiger partial charge in [0.25, 0.3) is 0 Å². The molecule has 0 amide bonds. The molecule has 1 atom stereocenters. The fraction of sp³-hybridized carbons (Fsp3) is 0.300. The van der Waals surface area contributed by atoms with Crippen LogP contribution in [0, 0.1) is 0 Å². The molecule has 0 saturated carbocycles. The van der Waals surface area contributed by atoms with Crippen molar-refractivity contribution in [3.63, 3.8) is 0 Å². The second-order valence-electron chi connectivity index (χ2n) is 3.19. The fourth-order valence-electron chi connectivity index (χ4n) is 1.65. The molecular formula is C10H12ClNO2. The van der Waals surface area contributed by atoms with E-state index in [2.05, 4.69) is 0 Å². The summed E-state index contributed by atoms with van der Waals surface area (Å²) < 4.78 is 5.06. The summed E-state index contributed by atoms with van der Waals surface area (Å²) in [5.41, 5.74) is 7.43. The Hall–Kier alpha value is -1.06. The normalized spacial score (nSPS) is 18.7. The first-order valence-electron chi connectivity index (χ1n) is 4.19. The van der Waals surface area contributed by atoms with E-state index >= 15 is 0 Å². The summed E-state index contributed by atoms with van der Waals surface area (Å²) in [4.78, 5) is 11.4. The molecule has 0 saturated heterocycles. The van der Waals surface area contributed by atoms with Gasteiger partial charge in [-0.2, -0.15) is 0 Å². The average Bonchev–Trinajstić information content (AvgIpc) is 2.42. The van der Waals surface area contributed by atoms with E-state index in [9.17, 15) is 4.79 Å². The smallest absolute Gasteiger partial charge is 0.165 e. The van der Waals surface area contributed by atoms with Gasteiger partial charge in [-0.15, -0.1) is 12.4 Å². The van der Waals surface area contributed by atoms with Crippen molar-refractivity contribution in [3.8, 4) is 5.75 Å². The first kappa shape index (κ1) is 11.0. The van der Waals surface area contributed by atoms with Crippen LogP contribution >= 0.6 is 12.4 Å². The zero-order chi connectivity index (χ0) is 9.42. The van der Waals surface area contributed by atoms with Crippen LogP contribution in [0.25, 0.3) is 0 Å². The SMILES string of the molecule is COc1ccc2c(c1)C(N)CC2=O.Cl. The predicted octanol–water partition coefficient (Wildman–Crippen LogP) is 1.70. The molecule has 1 aliphatic rings. The van der Waals surface area contributed by atoms with Gasteiger partial charge in [0.2, 0.25) is 0 Å². The number of methoxy groups -OCH3 is 1. The first-order chi connectivity index (χ1) is 6.22. The summed E-state index contributed by atoms with van der Waals surface area (Å²) >= 11 is 0. The Kier molecular flexibility index (Phi) is 3.13. The van der Waals surface area contributed by atoms with Crippen molar-refractivity contribution in [3.05, 3.63) is 29.3 Å². The Morgan fingerprint density at radius 1 is 1.50 bits per heavy atom. The van der Waals surface area contributed by atoms with E-state index in [0.29, 0.717) is 6.42 Å². The number of halogens is 1. The molecular weight excluding hydrogens is 202 g/mol. The number of hydrogen-bond donors (Lipinski definition) is 1. The minimum absolute atomic E-state index is 0. The monoisotopic (exact) mass is 213 g/mol. The lowest BCUT2D eigenvalue weighted by atomic mass is 10.1. The highest BCUT2D eigenvalue weighted by molar-refractivity contribution is 6.01. The molecule has 0 aromatic heterocycles. The number of carbonyl (C=O) groups is 1. The van der Waals surface area contributed by atoms with Crippen LogP contribution in [0.4, 0.5) is 0 Å². The number of benzene rings is 1. The number of hydrogen-bond acceptors (Lipinski definition) is 3. The molecule has 1 aromatic rings. The number of Topliss-reactive ketones (excluding diaryl/α,β-unsaturated/α-hetero) is 1. The number of ketones is 1. The van der Waals surface area contributed by atoms with Gasteiger partial charge < -0.3 is 10.5 Å². The van der Waals surface area contributed by atoms with Crippen molar-refractivity contribution >= 4 is 18.2 Å². The van der Waals surface area contributed by atoms with Gasteiger partial charge in [-0.1, -0.05) is 0 Å². The number of carbonyl (C=O) groups excluding carboxylic acids is 1. The van der Waals surface area contributed by atoms with E-state index < -0.39 is 0 Å². The molecule has 2 rings (SSSR count). The highest BCUT2D eigenvalue weighted by Gasteiger charge is 2.26. The van der Waals surface area contributed by atoms with Crippen LogP contribution in [0.3, 0.4) is 0 Å². The molecule has 1 unspecified atom stereocenters. The molecule has 0 aliphatic heterocycles. The second kappa shape index (κ2) is 3.98. The topological polar surface area (TPSA) is 52.3 Å². The summed E-state index contributed by atoms with van der Waals surface area (Å²) in [6.45, 7) is 0. The lowest BCUT2D eigenvalue weighted by molar-refractivity contribution is 0.0989. The van der Waals surface area contributed by atoms with Gasteiger partial charge in [-0.3, -0.25) is 4.79 Å². The van der Waals surface area contributed by atoms with Gasteiger partial charge in [0, 0.05) is 18.0 Å². The zero-order valence-electron chi connectivity index (χ0n) is 7.82. The third-order valence-corrected chi connectivity index (χ3v) is 2.36. The molecule has 0 spiro atoms. The van der Waals surface area contributed by atoms with Crippen LogP contribution in [-0.2, 0) is 0 Å². The van der Waals surface area contributed by atoms with Gasteiger partial charge in [0.1, 0.15) is 5.75 Å². The Morgan fingerprint density at radius 3 is 2.86 bits per heavy atom. The lowest BCUT2D eigenvalue weighted by Gasteiger charge is -2.05. The zero-order valence-corrected chi connectivity index (χ0v) is 8.64. The second-order valence-corrected chi connectivity index (χ2v) is 3.19.